The largest absolute Gasteiger partial charge is 0.491 e. The highest BCUT2D eigenvalue weighted by Crippen LogP contribution is 2.31. The van der Waals surface area contributed by atoms with E-state index < -0.39 is 0 Å². The first-order chi connectivity index (χ1) is 16.7. The van der Waals surface area contributed by atoms with Crippen LogP contribution in [0.5, 0.6) is 5.75 Å². The highest BCUT2D eigenvalue weighted by Gasteiger charge is 2.35. The number of carbonyl (C=O) groups excluding carboxylic acids is 3. The van der Waals surface area contributed by atoms with Crippen molar-refractivity contribution in [3.63, 3.8) is 0 Å². The molecule has 3 rings (SSSR count). The van der Waals surface area contributed by atoms with E-state index in [2.05, 4.69) is 17.6 Å². The van der Waals surface area contributed by atoms with Gasteiger partial charge >= 0.3 is 6.03 Å². The van der Waals surface area contributed by atoms with Crippen molar-refractivity contribution in [3.8, 4) is 5.75 Å². The number of carbonyl (C=O) groups is 3. The van der Waals surface area contributed by atoms with E-state index in [-0.39, 0.29) is 48.4 Å². The molecule has 1 heterocycles. The molecule has 9 heteroatoms. The van der Waals surface area contributed by atoms with Crippen molar-refractivity contribution in [2.24, 2.45) is 11.8 Å². The van der Waals surface area contributed by atoms with Gasteiger partial charge in [-0.3, -0.25) is 9.59 Å². The third-order valence-corrected chi connectivity index (χ3v) is 6.98. The van der Waals surface area contributed by atoms with Crippen LogP contribution in [0.1, 0.15) is 56.8 Å². The van der Waals surface area contributed by atoms with E-state index in [0.29, 0.717) is 36.6 Å². The SMILES string of the molecule is CCCNC(=O)Nc1ccc2c(c1)C(=O)N(C)C[C@@H](OC)[C@@H](C)CN(C(=O)C1CCC1)[C@@H](C)CO2. The molecule has 9 nitrogen and oxygen atoms in total. The Kier molecular flexibility index (Phi) is 9.37. The third kappa shape index (κ3) is 6.66. The molecule has 35 heavy (non-hydrogen) atoms. The second-order valence-corrected chi connectivity index (χ2v) is 9.81. The second kappa shape index (κ2) is 12.2. The van der Waals surface area contributed by atoms with Crippen LogP contribution in [0.2, 0.25) is 0 Å². The lowest BCUT2D eigenvalue weighted by Gasteiger charge is -2.39. The molecule has 0 radical (unpaired) electrons. The fraction of sp³-hybridized carbons (Fsp3) is 0.654. The number of nitrogens with zero attached hydrogens (tertiary/aromatic N) is 2. The number of anilines is 1. The Morgan fingerprint density at radius 3 is 2.57 bits per heavy atom. The molecule has 1 aromatic rings. The fourth-order valence-electron chi connectivity index (χ4n) is 4.46. The number of fused-ring (bicyclic) bond motifs is 1. The molecule has 0 aromatic heterocycles. The van der Waals surface area contributed by atoms with Gasteiger partial charge in [-0.05, 0) is 44.4 Å². The first-order valence-electron chi connectivity index (χ1n) is 12.7. The zero-order valence-electron chi connectivity index (χ0n) is 21.6. The lowest BCUT2D eigenvalue weighted by Crippen LogP contribution is -2.51. The van der Waals surface area contributed by atoms with Crippen LogP contribution in [0, 0.1) is 11.8 Å². The van der Waals surface area contributed by atoms with Gasteiger partial charge in [-0.2, -0.15) is 0 Å². The number of benzene rings is 1. The van der Waals surface area contributed by atoms with Crippen LogP contribution in [0.4, 0.5) is 10.5 Å². The summed E-state index contributed by atoms with van der Waals surface area (Å²) >= 11 is 0. The van der Waals surface area contributed by atoms with Gasteiger partial charge in [0.2, 0.25) is 5.91 Å². The second-order valence-electron chi connectivity index (χ2n) is 9.81. The molecule has 2 aliphatic rings. The zero-order valence-corrected chi connectivity index (χ0v) is 21.6. The van der Waals surface area contributed by atoms with E-state index in [9.17, 15) is 14.4 Å². The van der Waals surface area contributed by atoms with Crippen molar-refractivity contribution < 1.29 is 23.9 Å². The van der Waals surface area contributed by atoms with Gasteiger partial charge < -0.3 is 29.9 Å². The topological polar surface area (TPSA) is 100 Å². The standard InChI is InChI=1S/C26H40N4O5/c1-6-12-27-26(33)28-20-10-11-22-21(13-20)25(32)29(4)15-23(34-5)17(2)14-30(18(3)16-35-22)24(31)19-8-7-9-19/h10-11,13,17-19,23H,6-9,12,14-16H2,1-5H3,(H2,27,28,33)/t17-,18-,23+/m0/s1. The molecular weight excluding hydrogens is 448 g/mol. The zero-order chi connectivity index (χ0) is 25.5. The van der Waals surface area contributed by atoms with Gasteiger partial charge in [0.05, 0.1) is 17.7 Å². The van der Waals surface area contributed by atoms with Crippen LogP contribution in [-0.2, 0) is 9.53 Å². The van der Waals surface area contributed by atoms with E-state index in [4.69, 9.17) is 9.47 Å². The average Bonchev–Trinajstić information content (AvgIpc) is 2.80. The van der Waals surface area contributed by atoms with Crippen molar-refractivity contribution in [3.05, 3.63) is 23.8 Å². The quantitative estimate of drug-likeness (QED) is 0.662. The summed E-state index contributed by atoms with van der Waals surface area (Å²) in [4.78, 5) is 42.3. The maximum Gasteiger partial charge on any atom is 0.319 e. The lowest BCUT2D eigenvalue weighted by atomic mass is 9.83. The first kappa shape index (κ1) is 26.8. The van der Waals surface area contributed by atoms with Gasteiger partial charge in [0, 0.05) is 51.3 Å². The number of ether oxygens (including phenoxy) is 2. The predicted molar refractivity (Wildman–Crippen MR) is 135 cm³/mol. The molecule has 1 fully saturated rings. The monoisotopic (exact) mass is 488 g/mol. The number of hydrogen-bond acceptors (Lipinski definition) is 5. The molecule has 1 aromatic carbocycles. The van der Waals surface area contributed by atoms with Crippen molar-refractivity contribution in [2.45, 2.75) is 58.6 Å². The number of rotatable bonds is 5. The number of nitrogens with one attached hydrogen (secondary N) is 2. The van der Waals surface area contributed by atoms with E-state index in [1.165, 1.54) is 0 Å². The molecule has 0 saturated heterocycles. The molecule has 0 bridgehead atoms. The van der Waals surface area contributed by atoms with Crippen LogP contribution >= 0.6 is 0 Å². The number of hydrogen-bond donors (Lipinski definition) is 2. The number of amides is 4. The van der Waals surface area contributed by atoms with E-state index in [1.54, 1.807) is 37.3 Å². The van der Waals surface area contributed by atoms with E-state index in [1.807, 2.05) is 18.7 Å². The van der Waals surface area contributed by atoms with Crippen molar-refractivity contribution in [1.82, 2.24) is 15.1 Å². The Hall–Kier alpha value is -2.81. The van der Waals surface area contributed by atoms with Crippen molar-refractivity contribution >= 4 is 23.5 Å². The van der Waals surface area contributed by atoms with Crippen LogP contribution in [-0.4, -0.2) is 80.2 Å². The Bertz CT molecular complexity index is 904. The molecule has 3 atom stereocenters. The molecule has 0 spiro atoms. The normalized spacial score (nSPS) is 23.8. The molecule has 0 unspecified atom stereocenters. The van der Waals surface area contributed by atoms with Gasteiger partial charge in [-0.1, -0.05) is 20.3 Å². The maximum atomic E-state index is 13.4. The van der Waals surface area contributed by atoms with Crippen molar-refractivity contribution in [1.29, 1.82) is 0 Å². The van der Waals surface area contributed by atoms with Gasteiger partial charge in [0.1, 0.15) is 12.4 Å². The molecule has 2 N–H and O–H groups in total. The van der Waals surface area contributed by atoms with Crippen LogP contribution in [0.15, 0.2) is 18.2 Å². The molecule has 1 saturated carbocycles. The van der Waals surface area contributed by atoms with E-state index in [0.717, 1.165) is 25.7 Å². The number of urea groups is 1. The predicted octanol–water partition coefficient (Wildman–Crippen LogP) is 3.35. The summed E-state index contributed by atoms with van der Waals surface area (Å²) in [5.41, 5.74) is 0.856. The Morgan fingerprint density at radius 1 is 1.20 bits per heavy atom. The van der Waals surface area contributed by atoms with Crippen molar-refractivity contribution in [2.75, 3.05) is 45.7 Å². The molecular formula is C26H40N4O5. The lowest BCUT2D eigenvalue weighted by molar-refractivity contribution is -0.142. The summed E-state index contributed by atoms with van der Waals surface area (Å²) in [5, 5.41) is 5.54. The van der Waals surface area contributed by atoms with Gasteiger partial charge in [-0.15, -0.1) is 0 Å². The highest BCUT2D eigenvalue weighted by molar-refractivity contribution is 5.99. The molecule has 1 aliphatic heterocycles. The van der Waals surface area contributed by atoms with Crippen LogP contribution in [0.25, 0.3) is 0 Å². The maximum absolute atomic E-state index is 13.4. The van der Waals surface area contributed by atoms with Gasteiger partial charge in [-0.25, -0.2) is 4.79 Å². The summed E-state index contributed by atoms with van der Waals surface area (Å²) in [7, 11) is 3.37. The first-order valence-corrected chi connectivity index (χ1v) is 12.7. The minimum absolute atomic E-state index is 0.0240. The smallest absolute Gasteiger partial charge is 0.319 e. The summed E-state index contributed by atoms with van der Waals surface area (Å²) in [6.45, 7) is 7.75. The average molecular weight is 489 g/mol. The fourth-order valence-corrected chi connectivity index (χ4v) is 4.46. The summed E-state index contributed by atoms with van der Waals surface area (Å²) in [5.74, 6) is 0.487. The molecule has 4 amide bonds. The third-order valence-electron chi connectivity index (χ3n) is 6.98. The Morgan fingerprint density at radius 2 is 1.94 bits per heavy atom. The van der Waals surface area contributed by atoms with Gasteiger partial charge in [0.15, 0.2) is 0 Å². The van der Waals surface area contributed by atoms with E-state index >= 15 is 0 Å². The van der Waals surface area contributed by atoms with Gasteiger partial charge in [0.25, 0.3) is 5.91 Å². The van der Waals surface area contributed by atoms with Crippen LogP contribution < -0.4 is 15.4 Å². The molecule has 1 aliphatic carbocycles. The number of methoxy groups -OCH3 is 1. The Balaban J connectivity index is 1.90. The number of likely N-dealkylation sites (N-methyl/N-ethyl adjacent to an activating group) is 1. The van der Waals surface area contributed by atoms with Crippen LogP contribution in [0.3, 0.4) is 0 Å². The summed E-state index contributed by atoms with van der Waals surface area (Å²) in [6.07, 6.45) is 3.56. The molecule has 194 valence electrons. The summed E-state index contributed by atoms with van der Waals surface area (Å²) in [6, 6.07) is 4.56. The minimum Gasteiger partial charge on any atom is -0.491 e. The highest BCUT2D eigenvalue weighted by atomic mass is 16.5. The minimum atomic E-state index is -0.325. The summed E-state index contributed by atoms with van der Waals surface area (Å²) < 4.78 is 11.9. The Labute approximate surface area is 208 Å².